The normalized spacial score (nSPS) is 16.4. The molecule has 0 bridgehead atoms. The summed E-state index contributed by atoms with van der Waals surface area (Å²) >= 11 is 0. The number of alkyl halides is 2. The Morgan fingerprint density at radius 1 is 1.15 bits per heavy atom. The van der Waals surface area contributed by atoms with Crippen molar-refractivity contribution >= 4 is 20.9 Å². The Morgan fingerprint density at radius 2 is 1.85 bits per heavy atom. The largest absolute Gasteiger partial charge is 0.336 e. The molecule has 0 radical (unpaired) electrons. The molecule has 2 aromatic heterocycles. The zero-order valence-electron chi connectivity index (χ0n) is 17.8. The highest BCUT2D eigenvalue weighted by Crippen LogP contribution is 2.43. The zero-order chi connectivity index (χ0) is 23.2. The topological polar surface area (TPSA) is 101 Å². The lowest BCUT2D eigenvalue weighted by Crippen LogP contribution is -2.38. The average molecular weight is 472 g/mol. The minimum absolute atomic E-state index is 0.239. The number of hydrogen-bond acceptors (Lipinski definition) is 5. The van der Waals surface area contributed by atoms with E-state index in [4.69, 9.17) is 0 Å². The maximum absolute atomic E-state index is 12.8. The van der Waals surface area contributed by atoms with Gasteiger partial charge in [-0.05, 0) is 49.1 Å². The Morgan fingerprint density at radius 3 is 2.42 bits per heavy atom. The van der Waals surface area contributed by atoms with Crippen molar-refractivity contribution in [1.29, 1.82) is 5.26 Å². The molecule has 10 heteroatoms. The molecule has 7 nitrogen and oxygen atoms in total. The van der Waals surface area contributed by atoms with Crippen molar-refractivity contribution in [3.8, 4) is 17.6 Å². The molecular weight excluding hydrogens is 448 g/mol. The predicted molar refractivity (Wildman–Crippen MR) is 118 cm³/mol. The first-order valence-electron chi connectivity index (χ1n) is 11.0. The monoisotopic (exact) mass is 471 g/mol. The average Bonchev–Trinajstić information content (AvgIpc) is 3.75. The Bertz CT molecular complexity index is 1340. The third kappa shape index (κ3) is 4.23. The van der Waals surface area contributed by atoms with Gasteiger partial charge in [-0.25, -0.2) is 31.9 Å². The van der Waals surface area contributed by atoms with Gasteiger partial charge in [0.25, 0.3) is 0 Å². The number of halogens is 2. The van der Waals surface area contributed by atoms with Crippen molar-refractivity contribution in [2.45, 2.75) is 49.1 Å². The highest BCUT2D eigenvalue weighted by molar-refractivity contribution is 7.89. The number of nitrogens with one attached hydrogen (secondary N) is 1. The second-order valence-electron chi connectivity index (χ2n) is 8.81. The van der Waals surface area contributed by atoms with Crippen LogP contribution in [0, 0.1) is 17.2 Å². The summed E-state index contributed by atoms with van der Waals surface area (Å²) in [7, 11) is -4.18. The number of hydrogen-bond donors (Lipinski definition) is 1. The summed E-state index contributed by atoms with van der Waals surface area (Å²) in [6.07, 6.45) is 6.80. The Labute approximate surface area is 190 Å². The third-order valence-electron chi connectivity index (χ3n) is 6.23. The second kappa shape index (κ2) is 8.47. The van der Waals surface area contributed by atoms with Gasteiger partial charge in [-0.3, -0.25) is 0 Å². The highest BCUT2D eigenvalue weighted by Gasteiger charge is 2.30. The highest BCUT2D eigenvalue weighted by atomic mass is 32.2. The standard InChI is InChI=1S/C23H23F2N5O2S/c24-8-17(9-25)29-33(31,32)18-11-27-23(28-12-18)22-20(10-26)19-6-5-16(15-3-4-15)7-21(19)30(22)13-14-1-2-14/h5-7,11-12,14-15,17,29H,1-4,8-9,13H2. The maximum Gasteiger partial charge on any atom is 0.244 e. The SMILES string of the molecule is N#Cc1c(-c2ncc(S(=O)(=O)NC(CF)CF)cn2)n(CC2CC2)c2cc(C3CC3)ccc12. The van der Waals surface area contributed by atoms with Crippen LogP contribution in [0.4, 0.5) is 8.78 Å². The van der Waals surface area contributed by atoms with Gasteiger partial charge < -0.3 is 4.57 Å². The molecule has 33 heavy (non-hydrogen) atoms. The van der Waals surface area contributed by atoms with Gasteiger partial charge in [-0.2, -0.15) is 5.26 Å². The van der Waals surface area contributed by atoms with Gasteiger partial charge in [0.1, 0.15) is 30.0 Å². The number of fused-ring (bicyclic) bond motifs is 1. The van der Waals surface area contributed by atoms with E-state index in [2.05, 4.69) is 32.7 Å². The molecule has 0 aliphatic heterocycles. The van der Waals surface area contributed by atoms with E-state index in [0.29, 0.717) is 23.1 Å². The van der Waals surface area contributed by atoms with Crippen LogP contribution in [0.3, 0.4) is 0 Å². The van der Waals surface area contributed by atoms with Crippen LogP contribution in [0.15, 0.2) is 35.5 Å². The molecule has 2 fully saturated rings. The summed E-state index contributed by atoms with van der Waals surface area (Å²) in [5.74, 6) is 1.33. The molecule has 3 aromatic rings. The molecule has 0 spiro atoms. The molecular formula is C23H23F2N5O2S. The molecule has 0 saturated heterocycles. The number of rotatable bonds is 9. The van der Waals surface area contributed by atoms with Crippen LogP contribution in [0.2, 0.25) is 0 Å². The molecule has 5 rings (SSSR count). The van der Waals surface area contributed by atoms with Crippen molar-refractivity contribution in [3.63, 3.8) is 0 Å². The van der Waals surface area contributed by atoms with E-state index < -0.39 is 29.4 Å². The van der Waals surface area contributed by atoms with Crippen LogP contribution in [0.5, 0.6) is 0 Å². The minimum atomic E-state index is -4.18. The first-order valence-corrected chi connectivity index (χ1v) is 12.5. The van der Waals surface area contributed by atoms with E-state index in [1.807, 2.05) is 10.8 Å². The van der Waals surface area contributed by atoms with Crippen molar-refractivity contribution < 1.29 is 17.2 Å². The quantitative estimate of drug-likeness (QED) is 0.511. The summed E-state index contributed by atoms with van der Waals surface area (Å²) < 4.78 is 54.4. The lowest BCUT2D eigenvalue weighted by atomic mass is 10.1. The fraction of sp³-hybridized carbons (Fsp3) is 0.435. The summed E-state index contributed by atoms with van der Waals surface area (Å²) in [5.41, 5.74) is 3.25. The van der Waals surface area contributed by atoms with Gasteiger partial charge in [0.2, 0.25) is 10.0 Å². The lowest BCUT2D eigenvalue weighted by molar-refractivity contribution is 0.334. The number of nitriles is 1. The fourth-order valence-electron chi connectivity index (χ4n) is 4.10. The van der Waals surface area contributed by atoms with Gasteiger partial charge >= 0.3 is 0 Å². The van der Waals surface area contributed by atoms with Gasteiger partial charge in [0, 0.05) is 11.9 Å². The van der Waals surface area contributed by atoms with Gasteiger partial charge in [-0.15, -0.1) is 0 Å². The molecule has 0 amide bonds. The van der Waals surface area contributed by atoms with E-state index in [0.717, 1.165) is 42.7 Å². The molecule has 2 aliphatic rings. The summed E-state index contributed by atoms with van der Waals surface area (Å²) in [6.45, 7) is -1.59. The molecule has 2 heterocycles. The van der Waals surface area contributed by atoms with Crippen LogP contribution in [0.25, 0.3) is 22.4 Å². The Balaban J connectivity index is 1.58. The molecule has 172 valence electrons. The van der Waals surface area contributed by atoms with Crippen molar-refractivity contribution in [2.75, 3.05) is 13.3 Å². The molecule has 0 unspecified atom stereocenters. The molecule has 1 aromatic carbocycles. The number of benzene rings is 1. The Hall–Kier alpha value is -2.90. The smallest absolute Gasteiger partial charge is 0.244 e. The van der Waals surface area contributed by atoms with Crippen molar-refractivity contribution in [2.24, 2.45) is 5.92 Å². The molecule has 0 atom stereocenters. The van der Waals surface area contributed by atoms with Crippen molar-refractivity contribution in [1.82, 2.24) is 19.3 Å². The van der Waals surface area contributed by atoms with E-state index in [-0.39, 0.29) is 10.7 Å². The molecule has 1 N–H and O–H groups in total. The van der Waals surface area contributed by atoms with E-state index >= 15 is 0 Å². The maximum atomic E-state index is 12.8. The summed E-state index contributed by atoms with van der Waals surface area (Å²) in [5, 5.41) is 10.8. The molecule has 2 saturated carbocycles. The third-order valence-corrected chi connectivity index (χ3v) is 7.71. The number of sulfonamides is 1. The van der Waals surface area contributed by atoms with Crippen LogP contribution in [0.1, 0.15) is 42.7 Å². The first-order chi connectivity index (χ1) is 15.9. The van der Waals surface area contributed by atoms with E-state index in [1.165, 1.54) is 18.4 Å². The van der Waals surface area contributed by atoms with Gasteiger partial charge in [0.15, 0.2) is 5.82 Å². The van der Waals surface area contributed by atoms with Crippen molar-refractivity contribution in [3.05, 3.63) is 41.7 Å². The second-order valence-corrected chi connectivity index (χ2v) is 10.5. The summed E-state index contributed by atoms with van der Waals surface area (Å²) in [6, 6.07) is 7.03. The Kier molecular flexibility index (Phi) is 5.62. The van der Waals surface area contributed by atoms with Crippen LogP contribution in [-0.4, -0.2) is 42.3 Å². The fourth-order valence-corrected chi connectivity index (χ4v) is 5.18. The van der Waals surface area contributed by atoms with Gasteiger partial charge in [0.05, 0.1) is 29.5 Å². The predicted octanol–water partition coefficient (Wildman–Crippen LogP) is 3.84. The first kappa shape index (κ1) is 21.9. The lowest BCUT2D eigenvalue weighted by Gasteiger charge is -2.13. The molecule has 2 aliphatic carbocycles. The van der Waals surface area contributed by atoms with Gasteiger partial charge in [-0.1, -0.05) is 12.1 Å². The number of aromatic nitrogens is 3. The van der Waals surface area contributed by atoms with E-state index in [9.17, 15) is 22.5 Å². The van der Waals surface area contributed by atoms with Crippen LogP contribution in [-0.2, 0) is 16.6 Å². The van der Waals surface area contributed by atoms with Crippen LogP contribution >= 0.6 is 0 Å². The summed E-state index contributed by atoms with van der Waals surface area (Å²) in [4.78, 5) is 8.20. The van der Waals surface area contributed by atoms with E-state index in [1.54, 1.807) is 0 Å². The minimum Gasteiger partial charge on any atom is -0.336 e. The van der Waals surface area contributed by atoms with Crippen LogP contribution < -0.4 is 4.72 Å². The zero-order valence-corrected chi connectivity index (χ0v) is 18.7. The number of nitrogens with zero attached hydrogens (tertiary/aromatic N) is 4.